The first kappa shape index (κ1) is 15.8. The lowest BCUT2D eigenvalue weighted by Crippen LogP contribution is -2.37. The first-order chi connectivity index (χ1) is 9.99. The zero-order chi connectivity index (χ0) is 15.6. The van der Waals surface area contributed by atoms with Crippen molar-refractivity contribution in [1.82, 2.24) is 9.55 Å². The highest BCUT2D eigenvalue weighted by Crippen LogP contribution is 2.30. The van der Waals surface area contributed by atoms with Gasteiger partial charge < -0.3 is 20.7 Å². The molecular weight excluding hydrogens is 285 g/mol. The summed E-state index contributed by atoms with van der Waals surface area (Å²) in [4.78, 5) is 25.5. The van der Waals surface area contributed by atoms with E-state index in [1.807, 2.05) is 0 Å². The molecule has 1 fully saturated rings. The van der Waals surface area contributed by atoms with Crippen molar-refractivity contribution >= 4 is 0 Å². The number of nitrogens with one attached hydrogen (secondary N) is 1. The molecule has 1 aromatic heterocycles. The molecule has 0 spiro atoms. The Kier molecular flexibility index (Phi) is 4.88. The molecule has 1 saturated heterocycles. The number of alkyl halides is 1. The summed E-state index contributed by atoms with van der Waals surface area (Å²) in [7, 11) is 0. The third-order valence-electron chi connectivity index (χ3n) is 3.44. The highest BCUT2D eigenvalue weighted by molar-refractivity contribution is 5.06. The number of halogens is 1. The van der Waals surface area contributed by atoms with Gasteiger partial charge in [-0.1, -0.05) is 0 Å². The molecule has 2 rings (SSSR count). The number of aromatic amines is 1. The minimum Gasteiger partial charge on any atom is -0.394 e. The Morgan fingerprint density at radius 3 is 2.76 bits per heavy atom. The molecule has 0 amide bonds. The molecule has 1 unspecified atom stereocenters. The van der Waals surface area contributed by atoms with E-state index in [1.165, 1.54) is 6.20 Å². The van der Waals surface area contributed by atoms with Crippen molar-refractivity contribution in [2.75, 3.05) is 13.2 Å². The van der Waals surface area contributed by atoms with E-state index < -0.39 is 42.5 Å². The first-order valence-corrected chi connectivity index (χ1v) is 6.62. The Labute approximate surface area is 119 Å². The Hall–Kier alpha value is -1.55. The quantitative estimate of drug-likeness (QED) is 0.498. The van der Waals surface area contributed by atoms with Gasteiger partial charge in [0.2, 0.25) is 0 Å². The van der Waals surface area contributed by atoms with Crippen LogP contribution in [0.2, 0.25) is 0 Å². The van der Waals surface area contributed by atoms with Crippen LogP contribution in [0.4, 0.5) is 4.39 Å². The van der Waals surface area contributed by atoms with Gasteiger partial charge in [-0.25, -0.2) is 9.18 Å². The van der Waals surface area contributed by atoms with E-state index in [0.29, 0.717) is 19.4 Å². The molecule has 9 heteroatoms. The van der Waals surface area contributed by atoms with E-state index in [2.05, 4.69) is 4.98 Å². The van der Waals surface area contributed by atoms with Crippen molar-refractivity contribution in [3.63, 3.8) is 0 Å². The fraction of sp³-hybridized carbons (Fsp3) is 0.667. The van der Waals surface area contributed by atoms with Gasteiger partial charge >= 0.3 is 5.69 Å². The second kappa shape index (κ2) is 6.48. The third-order valence-corrected chi connectivity index (χ3v) is 3.44. The van der Waals surface area contributed by atoms with Crippen LogP contribution in [0.5, 0.6) is 0 Å². The fourth-order valence-electron chi connectivity index (χ4n) is 2.27. The molecule has 0 aliphatic carbocycles. The molecule has 8 nitrogen and oxygen atoms in total. The number of rotatable bonds is 5. The van der Waals surface area contributed by atoms with Crippen LogP contribution < -0.4 is 17.0 Å². The van der Waals surface area contributed by atoms with Crippen LogP contribution in [-0.2, 0) is 11.2 Å². The molecule has 2 heterocycles. The number of aliphatic hydroxyl groups is 2. The van der Waals surface area contributed by atoms with Crippen molar-refractivity contribution in [3.05, 3.63) is 32.6 Å². The molecule has 1 aliphatic heterocycles. The minimum absolute atomic E-state index is 0.276. The van der Waals surface area contributed by atoms with Crippen molar-refractivity contribution in [2.45, 2.75) is 37.4 Å². The summed E-state index contributed by atoms with van der Waals surface area (Å²) in [5.74, 6) is 0. The Morgan fingerprint density at radius 1 is 1.48 bits per heavy atom. The van der Waals surface area contributed by atoms with Gasteiger partial charge in [0, 0.05) is 11.8 Å². The van der Waals surface area contributed by atoms with Gasteiger partial charge in [-0.15, -0.1) is 0 Å². The number of aliphatic hydroxyl groups excluding tert-OH is 2. The summed E-state index contributed by atoms with van der Waals surface area (Å²) < 4.78 is 20.0. The van der Waals surface area contributed by atoms with E-state index >= 15 is 0 Å². The van der Waals surface area contributed by atoms with E-state index in [9.17, 15) is 19.1 Å². The van der Waals surface area contributed by atoms with Gasteiger partial charge in [0.15, 0.2) is 12.4 Å². The van der Waals surface area contributed by atoms with Crippen LogP contribution in [0, 0.1) is 0 Å². The standard InChI is InChI=1S/C12H18FN3O5/c13-8-9(18)7(5-17)21-11(8)16-4-6(2-1-3-14)10(19)15-12(16)20/h4,7-9,11,17-18H,1-3,5,14H2,(H,15,19,20)/t7-,8+,9?,11-/m1/s1. The Bertz CT molecular complexity index is 601. The predicted molar refractivity (Wildman–Crippen MR) is 70.6 cm³/mol. The zero-order valence-corrected chi connectivity index (χ0v) is 11.2. The molecule has 21 heavy (non-hydrogen) atoms. The normalized spacial score (nSPS) is 29.0. The van der Waals surface area contributed by atoms with Crippen LogP contribution in [0.1, 0.15) is 18.2 Å². The van der Waals surface area contributed by atoms with Crippen LogP contribution in [-0.4, -0.2) is 51.3 Å². The second-order valence-electron chi connectivity index (χ2n) is 4.90. The predicted octanol–water partition coefficient (Wildman–Crippen LogP) is -1.98. The van der Waals surface area contributed by atoms with Crippen LogP contribution in [0.25, 0.3) is 0 Å². The summed E-state index contributed by atoms with van der Waals surface area (Å²) in [5.41, 5.74) is 4.25. The molecule has 1 aliphatic rings. The number of ether oxygens (including phenoxy) is 1. The van der Waals surface area contributed by atoms with E-state index in [0.717, 1.165) is 4.57 Å². The smallest absolute Gasteiger partial charge is 0.330 e. The van der Waals surface area contributed by atoms with E-state index in [4.69, 9.17) is 15.6 Å². The lowest BCUT2D eigenvalue weighted by Gasteiger charge is -2.16. The highest BCUT2D eigenvalue weighted by atomic mass is 19.1. The molecule has 118 valence electrons. The first-order valence-electron chi connectivity index (χ1n) is 6.62. The van der Waals surface area contributed by atoms with E-state index in [-0.39, 0.29) is 5.56 Å². The molecule has 0 bridgehead atoms. The maximum absolute atomic E-state index is 14.0. The summed E-state index contributed by atoms with van der Waals surface area (Å²) >= 11 is 0. The third kappa shape index (κ3) is 3.05. The largest absolute Gasteiger partial charge is 0.394 e. The van der Waals surface area contributed by atoms with Gasteiger partial charge in [0.05, 0.1) is 6.61 Å². The molecule has 0 saturated carbocycles. The maximum atomic E-state index is 14.0. The second-order valence-corrected chi connectivity index (χ2v) is 4.90. The average Bonchev–Trinajstić information content (AvgIpc) is 2.74. The summed E-state index contributed by atoms with van der Waals surface area (Å²) in [6, 6.07) is 0. The topological polar surface area (TPSA) is 131 Å². The van der Waals surface area contributed by atoms with Crippen LogP contribution >= 0.6 is 0 Å². The van der Waals surface area contributed by atoms with Gasteiger partial charge in [-0.05, 0) is 19.4 Å². The molecule has 0 aromatic carbocycles. The molecule has 4 atom stereocenters. The van der Waals surface area contributed by atoms with Crippen molar-refractivity contribution in [3.8, 4) is 0 Å². The fourth-order valence-corrected chi connectivity index (χ4v) is 2.27. The number of nitrogens with two attached hydrogens (primary N) is 1. The highest BCUT2D eigenvalue weighted by Gasteiger charge is 2.45. The van der Waals surface area contributed by atoms with Crippen LogP contribution in [0.15, 0.2) is 15.8 Å². The zero-order valence-electron chi connectivity index (χ0n) is 11.2. The lowest BCUT2D eigenvalue weighted by atomic mass is 10.1. The number of aromatic nitrogens is 2. The number of aryl methyl sites for hydroxylation is 1. The SMILES string of the molecule is NCCCc1cn([C@@H]2O[C@H](CO)C(O)[C@@H]2F)c(=O)[nH]c1=O. The molecule has 5 N–H and O–H groups in total. The molecule has 1 aromatic rings. The van der Waals surface area contributed by atoms with Gasteiger partial charge in [0.25, 0.3) is 5.56 Å². The number of hydrogen-bond acceptors (Lipinski definition) is 6. The lowest BCUT2D eigenvalue weighted by molar-refractivity contribution is -0.0492. The van der Waals surface area contributed by atoms with Crippen LogP contribution in [0.3, 0.4) is 0 Å². The Morgan fingerprint density at radius 2 is 2.19 bits per heavy atom. The summed E-state index contributed by atoms with van der Waals surface area (Å²) in [6.45, 7) is -0.203. The number of nitrogens with zero attached hydrogens (tertiary/aromatic N) is 1. The average molecular weight is 303 g/mol. The maximum Gasteiger partial charge on any atom is 0.330 e. The van der Waals surface area contributed by atoms with Crippen molar-refractivity contribution in [1.29, 1.82) is 0 Å². The Balaban J connectivity index is 2.35. The number of hydrogen-bond donors (Lipinski definition) is 4. The van der Waals surface area contributed by atoms with Gasteiger partial charge in [-0.2, -0.15) is 0 Å². The van der Waals surface area contributed by atoms with Crippen molar-refractivity contribution < 1.29 is 19.3 Å². The molecular formula is C12H18FN3O5. The summed E-state index contributed by atoms with van der Waals surface area (Å²) in [5, 5.41) is 18.6. The van der Waals surface area contributed by atoms with Gasteiger partial charge in [-0.3, -0.25) is 14.3 Å². The summed E-state index contributed by atoms with van der Waals surface area (Å²) in [6.07, 6.45) is -3.84. The molecule has 0 radical (unpaired) electrons. The monoisotopic (exact) mass is 303 g/mol. The van der Waals surface area contributed by atoms with Crippen molar-refractivity contribution in [2.24, 2.45) is 5.73 Å². The van der Waals surface area contributed by atoms with Gasteiger partial charge in [0.1, 0.15) is 12.2 Å². The minimum atomic E-state index is -1.88. The number of H-pyrrole nitrogens is 1. The van der Waals surface area contributed by atoms with E-state index in [1.54, 1.807) is 0 Å².